The molecule has 0 saturated heterocycles. The first-order valence-corrected chi connectivity index (χ1v) is 6.82. The molecule has 0 radical (unpaired) electrons. The average Bonchev–Trinajstić information content (AvgIpc) is 2.80. The van der Waals surface area contributed by atoms with E-state index in [2.05, 4.69) is 0 Å². The number of fused-ring (bicyclic) bond motifs is 2. The maximum atomic E-state index is 10.4. The molecule has 0 aromatic heterocycles. The van der Waals surface area contributed by atoms with Gasteiger partial charge in [0.25, 0.3) is 0 Å². The van der Waals surface area contributed by atoms with E-state index in [1.165, 1.54) is 0 Å². The highest BCUT2D eigenvalue weighted by atomic mass is 16.5. The summed E-state index contributed by atoms with van der Waals surface area (Å²) in [5.74, 6) is 1.62. The Morgan fingerprint density at radius 1 is 1.05 bits per heavy atom. The van der Waals surface area contributed by atoms with E-state index in [4.69, 9.17) is 15.2 Å². The van der Waals surface area contributed by atoms with E-state index in [-0.39, 0.29) is 18.0 Å². The van der Waals surface area contributed by atoms with Crippen molar-refractivity contribution in [3.8, 4) is 17.2 Å². The van der Waals surface area contributed by atoms with Gasteiger partial charge in [0.15, 0.2) is 11.5 Å². The van der Waals surface area contributed by atoms with Gasteiger partial charge in [-0.05, 0) is 27.7 Å². The van der Waals surface area contributed by atoms with Crippen molar-refractivity contribution in [3.05, 3.63) is 16.7 Å². The molecule has 2 atom stereocenters. The molecule has 3 N–H and O–H groups in total. The third kappa shape index (κ3) is 1.77. The fraction of sp³-hybridized carbons (Fsp3) is 0.600. The number of aromatic hydroxyl groups is 1. The van der Waals surface area contributed by atoms with E-state index in [0.717, 1.165) is 28.9 Å². The van der Waals surface area contributed by atoms with E-state index >= 15 is 0 Å². The Labute approximate surface area is 113 Å². The van der Waals surface area contributed by atoms with E-state index in [1.54, 1.807) is 0 Å². The molecule has 0 saturated carbocycles. The molecule has 4 nitrogen and oxygen atoms in total. The number of benzene rings is 1. The Balaban J connectivity index is 2.30. The molecule has 2 unspecified atom stereocenters. The zero-order chi connectivity index (χ0) is 13.9. The molecule has 4 heteroatoms. The van der Waals surface area contributed by atoms with Crippen LogP contribution in [0.2, 0.25) is 0 Å². The maximum Gasteiger partial charge on any atom is 0.165 e. The van der Waals surface area contributed by atoms with Gasteiger partial charge >= 0.3 is 0 Å². The second-order valence-electron chi connectivity index (χ2n) is 6.33. The fourth-order valence-corrected chi connectivity index (χ4v) is 3.17. The predicted octanol–water partition coefficient (Wildman–Crippen LogP) is 2.23. The highest BCUT2D eigenvalue weighted by Crippen LogP contribution is 2.52. The van der Waals surface area contributed by atoms with Crippen molar-refractivity contribution in [2.45, 2.75) is 58.3 Å². The van der Waals surface area contributed by atoms with Gasteiger partial charge < -0.3 is 20.3 Å². The van der Waals surface area contributed by atoms with Crippen LogP contribution in [0, 0.1) is 0 Å². The summed E-state index contributed by atoms with van der Waals surface area (Å²) < 4.78 is 11.7. The van der Waals surface area contributed by atoms with Gasteiger partial charge in [-0.2, -0.15) is 0 Å². The normalized spacial score (nSPS) is 24.7. The Morgan fingerprint density at radius 3 is 2.16 bits per heavy atom. The second-order valence-corrected chi connectivity index (χ2v) is 6.33. The van der Waals surface area contributed by atoms with Gasteiger partial charge in [0.1, 0.15) is 18.0 Å². The third-order valence-corrected chi connectivity index (χ3v) is 3.84. The molecular formula is C15H21NO3. The van der Waals surface area contributed by atoms with Crippen LogP contribution in [-0.4, -0.2) is 17.3 Å². The minimum Gasteiger partial charge on any atom is -0.504 e. The minimum atomic E-state index is -0.515. The first-order valence-electron chi connectivity index (χ1n) is 6.82. The van der Waals surface area contributed by atoms with Crippen LogP contribution in [0.15, 0.2) is 0 Å². The lowest BCUT2D eigenvalue weighted by Crippen LogP contribution is -2.30. The zero-order valence-electron chi connectivity index (χ0n) is 11.9. The highest BCUT2D eigenvalue weighted by Gasteiger charge is 2.39. The van der Waals surface area contributed by atoms with Crippen LogP contribution >= 0.6 is 0 Å². The number of phenolic OH excluding ortho intramolecular Hbond substituents is 1. The molecule has 1 aromatic carbocycles. The topological polar surface area (TPSA) is 64.7 Å². The van der Waals surface area contributed by atoms with Crippen LogP contribution in [0.1, 0.15) is 44.4 Å². The SMILES string of the molecule is CC1Cc2c(c(O)c3c(c2C(C)(C)N)OC(C)C3)O1. The molecule has 0 spiro atoms. The number of ether oxygens (including phenoxy) is 2. The smallest absolute Gasteiger partial charge is 0.165 e. The van der Waals surface area contributed by atoms with Crippen molar-refractivity contribution < 1.29 is 14.6 Å². The van der Waals surface area contributed by atoms with E-state index in [1.807, 2.05) is 27.7 Å². The standard InChI is InChI=1S/C15H21NO3/c1-7-5-9-11(15(3,4)16)13-10(6-8(2)18-13)12(17)14(9)19-7/h7-8,17H,5-6,16H2,1-4H3. The second kappa shape index (κ2) is 3.79. The van der Waals surface area contributed by atoms with Crippen molar-refractivity contribution >= 4 is 0 Å². The molecule has 1 aromatic rings. The molecule has 0 aliphatic carbocycles. The summed E-state index contributed by atoms with van der Waals surface area (Å²) in [5.41, 5.74) is 8.65. The number of hydrogen-bond donors (Lipinski definition) is 2. The molecule has 3 rings (SSSR count). The van der Waals surface area contributed by atoms with Gasteiger partial charge in [0, 0.05) is 35.1 Å². The summed E-state index contributed by atoms with van der Waals surface area (Å²) in [4.78, 5) is 0. The summed E-state index contributed by atoms with van der Waals surface area (Å²) in [5, 5.41) is 10.4. The first-order chi connectivity index (χ1) is 8.79. The van der Waals surface area contributed by atoms with Gasteiger partial charge in [-0.3, -0.25) is 0 Å². The van der Waals surface area contributed by atoms with Crippen molar-refractivity contribution in [3.63, 3.8) is 0 Å². The van der Waals surface area contributed by atoms with Gasteiger partial charge in [0.05, 0.1) is 0 Å². The average molecular weight is 263 g/mol. The van der Waals surface area contributed by atoms with Gasteiger partial charge in [-0.15, -0.1) is 0 Å². The van der Waals surface area contributed by atoms with Crippen molar-refractivity contribution in [1.29, 1.82) is 0 Å². The molecule has 2 aliphatic rings. The van der Waals surface area contributed by atoms with Crippen LogP contribution in [0.4, 0.5) is 0 Å². The third-order valence-electron chi connectivity index (χ3n) is 3.84. The first kappa shape index (κ1) is 12.6. The Bertz CT molecular complexity index is 506. The van der Waals surface area contributed by atoms with Gasteiger partial charge in [-0.25, -0.2) is 0 Å². The number of rotatable bonds is 1. The highest BCUT2D eigenvalue weighted by molar-refractivity contribution is 5.66. The van der Waals surface area contributed by atoms with Crippen LogP contribution < -0.4 is 15.2 Å². The monoisotopic (exact) mass is 263 g/mol. The molecule has 2 heterocycles. The minimum absolute atomic E-state index is 0.0712. The molecule has 104 valence electrons. The Kier molecular flexibility index (Phi) is 2.52. The van der Waals surface area contributed by atoms with Crippen LogP contribution in [-0.2, 0) is 18.4 Å². The van der Waals surface area contributed by atoms with Gasteiger partial charge in [-0.1, -0.05) is 0 Å². The van der Waals surface area contributed by atoms with Gasteiger partial charge in [0.2, 0.25) is 0 Å². The fourth-order valence-electron chi connectivity index (χ4n) is 3.17. The Hall–Kier alpha value is -1.42. The lowest BCUT2D eigenvalue weighted by Gasteiger charge is -2.25. The van der Waals surface area contributed by atoms with Crippen molar-refractivity contribution in [1.82, 2.24) is 0 Å². The van der Waals surface area contributed by atoms with Crippen molar-refractivity contribution in [2.24, 2.45) is 5.73 Å². The van der Waals surface area contributed by atoms with E-state index in [0.29, 0.717) is 12.2 Å². The molecule has 0 amide bonds. The largest absolute Gasteiger partial charge is 0.504 e. The summed E-state index contributed by atoms with van der Waals surface area (Å²) in [7, 11) is 0. The summed E-state index contributed by atoms with van der Waals surface area (Å²) in [6.45, 7) is 7.94. The zero-order valence-corrected chi connectivity index (χ0v) is 11.9. The van der Waals surface area contributed by atoms with E-state index in [9.17, 15) is 5.11 Å². The summed E-state index contributed by atoms with van der Waals surface area (Å²) in [6, 6.07) is 0. The lowest BCUT2D eigenvalue weighted by atomic mass is 9.86. The van der Waals surface area contributed by atoms with Crippen LogP contribution in [0.25, 0.3) is 0 Å². The quantitative estimate of drug-likeness (QED) is 0.815. The van der Waals surface area contributed by atoms with Crippen LogP contribution in [0.5, 0.6) is 17.2 Å². The molecular weight excluding hydrogens is 242 g/mol. The molecule has 19 heavy (non-hydrogen) atoms. The Morgan fingerprint density at radius 2 is 1.58 bits per heavy atom. The molecule has 0 fully saturated rings. The van der Waals surface area contributed by atoms with Crippen molar-refractivity contribution in [2.75, 3.05) is 0 Å². The molecule has 2 aliphatic heterocycles. The number of phenols is 1. The van der Waals surface area contributed by atoms with E-state index < -0.39 is 5.54 Å². The summed E-state index contributed by atoms with van der Waals surface area (Å²) in [6.07, 6.45) is 1.61. The number of nitrogens with two attached hydrogens (primary N) is 1. The van der Waals surface area contributed by atoms with Crippen LogP contribution in [0.3, 0.4) is 0 Å². The lowest BCUT2D eigenvalue weighted by molar-refractivity contribution is 0.244. The number of hydrogen-bond acceptors (Lipinski definition) is 4. The maximum absolute atomic E-state index is 10.4. The molecule has 0 bridgehead atoms. The predicted molar refractivity (Wildman–Crippen MR) is 72.9 cm³/mol. The summed E-state index contributed by atoms with van der Waals surface area (Å²) >= 11 is 0.